The van der Waals surface area contributed by atoms with Gasteiger partial charge in [0, 0.05) is 0 Å². The molecule has 0 amide bonds. The molecule has 0 atom stereocenters. The Balaban J connectivity index is 3.49. The first kappa shape index (κ1) is 12.3. The van der Waals surface area contributed by atoms with Crippen LogP contribution < -0.4 is 0 Å². The summed E-state index contributed by atoms with van der Waals surface area (Å²) in [6.07, 6.45) is 0. The molecule has 0 unspecified atom stereocenters. The minimum atomic E-state index is -0.988. The average Bonchev–Trinajstić information content (AvgIpc) is 2.06. The lowest BCUT2D eigenvalue weighted by Crippen LogP contribution is -2.17. The highest BCUT2D eigenvalue weighted by atomic mass is 35.5. The number of benzene rings is 1. The van der Waals surface area contributed by atoms with E-state index in [1.165, 1.54) is 6.07 Å². The zero-order valence-corrected chi connectivity index (χ0v) is 10.3. The summed E-state index contributed by atoms with van der Waals surface area (Å²) < 4.78 is 0. The molecular weight excluding hydrogens is 235 g/mol. The van der Waals surface area contributed by atoms with Gasteiger partial charge in [-0.2, -0.15) is 0 Å². The van der Waals surface area contributed by atoms with Crippen LogP contribution in [0.1, 0.15) is 36.7 Å². The maximum absolute atomic E-state index is 11.0. The minimum absolute atomic E-state index is 0.205. The van der Waals surface area contributed by atoms with Crippen molar-refractivity contribution in [1.82, 2.24) is 0 Å². The third kappa shape index (κ3) is 2.64. The van der Waals surface area contributed by atoms with Crippen molar-refractivity contribution in [3.63, 3.8) is 0 Å². The quantitative estimate of drug-likeness (QED) is 0.814. The molecule has 0 radical (unpaired) electrons. The van der Waals surface area contributed by atoms with Crippen molar-refractivity contribution in [2.75, 3.05) is 0 Å². The number of rotatable bonds is 1. The van der Waals surface area contributed by atoms with E-state index in [-0.39, 0.29) is 16.0 Å². The van der Waals surface area contributed by atoms with E-state index in [1.54, 1.807) is 6.07 Å². The SMILES string of the molecule is CC(C)(C)c1cc(Cl)c(Cl)cc1C(=O)O. The van der Waals surface area contributed by atoms with Crippen molar-refractivity contribution < 1.29 is 9.90 Å². The van der Waals surface area contributed by atoms with Crippen LogP contribution in [0.25, 0.3) is 0 Å². The molecule has 1 N–H and O–H groups in total. The summed E-state index contributed by atoms with van der Waals surface area (Å²) in [5.41, 5.74) is 0.614. The third-order valence-corrected chi connectivity index (χ3v) is 2.82. The van der Waals surface area contributed by atoms with Gasteiger partial charge >= 0.3 is 5.97 Å². The molecule has 4 heteroatoms. The van der Waals surface area contributed by atoms with E-state index in [2.05, 4.69) is 0 Å². The second-order valence-electron chi connectivity index (χ2n) is 4.37. The fraction of sp³-hybridized carbons (Fsp3) is 0.364. The van der Waals surface area contributed by atoms with Gasteiger partial charge in [0.25, 0.3) is 0 Å². The van der Waals surface area contributed by atoms with Crippen LogP contribution in [0.4, 0.5) is 0 Å². The molecule has 0 aliphatic heterocycles. The maximum atomic E-state index is 11.0. The Bertz CT molecular complexity index is 406. The molecule has 1 aromatic rings. The Morgan fingerprint density at radius 3 is 2.07 bits per heavy atom. The highest BCUT2D eigenvalue weighted by Crippen LogP contribution is 2.33. The van der Waals surface area contributed by atoms with Crippen LogP contribution in [0.2, 0.25) is 10.0 Å². The van der Waals surface area contributed by atoms with Crippen LogP contribution in [0, 0.1) is 0 Å². The Hall–Kier alpha value is -0.730. The van der Waals surface area contributed by atoms with Crippen LogP contribution in [0.5, 0.6) is 0 Å². The Morgan fingerprint density at radius 2 is 1.67 bits per heavy atom. The molecule has 15 heavy (non-hydrogen) atoms. The van der Waals surface area contributed by atoms with Gasteiger partial charge < -0.3 is 5.11 Å². The van der Waals surface area contributed by atoms with Crippen LogP contribution in [0.3, 0.4) is 0 Å². The van der Waals surface area contributed by atoms with Gasteiger partial charge in [-0.05, 0) is 23.1 Å². The third-order valence-electron chi connectivity index (χ3n) is 2.10. The summed E-state index contributed by atoms with van der Waals surface area (Å²) in [6, 6.07) is 3.01. The Morgan fingerprint density at radius 1 is 1.20 bits per heavy atom. The molecule has 0 aromatic heterocycles. The van der Waals surface area contributed by atoms with Crippen molar-refractivity contribution in [2.24, 2.45) is 0 Å². The molecule has 0 saturated carbocycles. The van der Waals surface area contributed by atoms with Gasteiger partial charge in [-0.15, -0.1) is 0 Å². The summed E-state index contributed by atoms with van der Waals surface area (Å²) >= 11 is 11.7. The number of carboxylic acids is 1. The first-order chi connectivity index (χ1) is 6.73. The van der Waals surface area contributed by atoms with Crippen molar-refractivity contribution in [1.29, 1.82) is 0 Å². The van der Waals surface area contributed by atoms with Crippen LogP contribution in [-0.4, -0.2) is 11.1 Å². The van der Waals surface area contributed by atoms with E-state index in [4.69, 9.17) is 28.3 Å². The van der Waals surface area contributed by atoms with Gasteiger partial charge in [-0.3, -0.25) is 0 Å². The average molecular weight is 247 g/mol. The number of carbonyl (C=O) groups is 1. The molecule has 82 valence electrons. The fourth-order valence-electron chi connectivity index (χ4n) is 1.34. The normalized spacial score (nSPS) is 11.5. The first-order valence-corrected chi connectivity index (χ1v) is 5.22. The maximum Gasteiger partial charge on any atom is 0.336 e. The Kier molecular flexibility index (Phi) is 3.31. The van der Waals surface area contributed by atoms with E-state index in [0.717, 1.165) is 0 Å². The lowest BCUT2D eigenvalue weighted by atomic mass is 9.84. The summed E-state index contributed by atoms with van der Waals surface area (Å²) in [4.78, 5) is 11.0. The lowest BCUT2D eigenvalue weighted by molar-refractivity contribution is 0.0694. The van der Waals surface area contributed by atoms with E-state index in [9.17, 15) is 4.79 Å². The summed E-state index contributed by atoms with van der Waals surface area (Å²) in [5, 5.41) is 9.69. The molecule has 1 aromatic carbocycles. The van der Waals surface area contributed by atoms with Crippen molar-refractivity contribution in [3.8, 4) is 0 Å². The monoisotopic (exact) mass is 246 g/mol. The molecule has 0 bridgehead atoms. The van der Waals surface area contributed by atoms with Crippen LogP contribution >= 0.6 is 23.2 Å². The highest BCUT2D eigenvalue weighted by Gasteiger charge is 2.23. The smallest absolute Gasteiger partial charge is 0.336 e. The summed E-state index contributed by atoms with van der Waals surface area (Å²) in [5.74, 6) is -0.988. The number of hydrogen-bond donors (Lipinski definition) is 1. The zero-order chi connectivity index (χ0) is 11.8. The van der Waals surface area contributed by atoms with E-state index >= 15 is 0 Å². The summed E-state index contributed by atoms with van der Waals surface area (Å²) in [6.45, 7) is 5.79. The molecule has 1 rings (SSSR count). The number of carboxylic acid groups (broad SMARTS) is 1. The van der Waals surface area contributed by atoms with Crippen molar-refractivity contribution in [2.45, 2.75) is 26.2 Å². The lowest BCUT2D eigenvalue weighted by Gasteiger charge is -2.22. The first-order valence-electron chi connectivity index (χ1n) is 4.46. The molecule has 0 spiro atoms. The molecule has 0 aliphatic rings. The largest absolute Gasteiger partial charge is 0.478 e. The number of halogens is 2. The van der Waals surface area contributed by atoms with Crippen LogP contribution in [-0.2, 0) is 5.41 Å². The topological polar surface area (TPSA) is 37.3 Å². The highest BCUT2D eigenvalue weighted by molar-refractivity contribution is 6.42. The predicted octanol–water partition coefficient (Wildman–Crippen LogP) is 3.99. The van der Waals surface area contributed by atoms with E-state index in [0.29, 0.717) is 10.6 Å². The van der Waals surface area contributed by atoms with Gasteiger partial charge in [0.2, 0.25) is 0 Å². The van der Waals surface area contributed by atoms with Crippen molar-refractivity contribution >= 4 is 29.2 Å². The van der Waals surface area contributed by atoms with Gasteiger partial charge in [0.1, 0.15) is 0 Å². The van der Waals surface area contributed by atoms with Gasteiger partial charge in [0.15, 0.2) is 0 Å². The van der Waals surface area contributed by atoms with E-state index < -0.39 is 5.97 Å². The number of hydrogen-bond acceptors (Lipinski definition) is 1. The fourth-order valence-corrected chi connectivity index (χ4v) is 1.67. The van der Waals surface area contributed by atoms with Crippen LogP contribution in [0.15, 0.2) is 12.1 Å². The predicted molar refractivity (Wildman–Crippen MR) is 62.1 cm³/mol. The van der Waals surface area contributed by atoms with Gasteiger partial charge in [-0.25, -0.2) is 4.79 Å². The molecule has 2 nitrogen and oxygen atoms in total. The van der Waals surface area contributed by atoms with Gasteiger partial charge in [0.05, 0.1) is 15.6 Å². The number of aromatic carboxylic acids is 1. The molecular formula is C11H12Cl2O2. The second kappa shape index (κ2) is 4.03. The molecule has 0 aliphatic carbocycles. The minimum Gasteiger partial charge on any atom is -0.478 e. The molecule has 0 saturated heterocycles. The second-order valence-corrected chi connectivity index (χ2v) is 5.18. The van der Waals surface area contributed by atoms with Gasteiger partial charge in [-0.1, -0.05) is 44.0 Å². The van der Waals surface area contributed by atoms with E-state index in [1.807, 2.05) is 20.8 Å². The molecule has 0 heterocycles. The standard InChI is InChI=1S/C11H12Cl2O2/c1-11(2,3)7-5-9(13)8(12)4-6(7)10(14)15/h4-5H,1-3H3,(H,14,15). The Labute approximate surface area is 98.8 Å². The zero-order valence-electron chi connectivity index (χ0n) is 8.77. The van der Waals surface area contributed by atoms with Crippen molar-refractivity contribution in [3.05, 3.63) is 33.3 Å². The summed E-state index contributed by atoms with van der Waals surface area (Å²) in [7, 11) is 0. The molecule has 0 fully saturated rings.